The number of carbonyl (C=O) groups excluding carboxylic acids is 1. The van der Waals surface area contributed by atoms with Crippen LogP contribution in [-0.2, 0) is 6.54 Å². The van der Waals surface area contributed by atoms with Crippen LogP contribution in [0.2, 0.25) is 0 Å². The molecular weight excluding hydrogens is 252 g/mol. The number of nitrogens with one attached hydrogen (secondary N) is 3. The third kappa shape index (κ3) is 3.49. The van der Waals surface area contributed by atoms with Crippen LogP contribution in [0.4, 0.5) is 10.5 Å². The summed E-state index contributed by atoms with van der Waals surface area (Å²) in [6.07, 6.45) is 2.60. The Hall–Kier alpha value is -2.97. The molecule has 19 heavy (non-hydrogen) atoms. The van der Waals surface area contributed by atoms with Gasteiger partial charge in [0, 0.05) is 0 Å². The van der Waals surface area contributed by atoms with E-state index in [1.54, 1.807) is 0 Å². The zero-order chi connectivity index (χ0) is 13.7. The molecule has 0 atom stereocenters. The number of rotatable bonds is 4. The van der Waals surface area contributed by atoms with Gasteiger partial charge in [-0.1, -0.05) is 0 Å². The predicted octanol–water partition coefficient (Wildman–Crippen LogP) is 0.220. The van der Waals surface area contributed by atoms with E-state index in [2.05, 4.69) is 30.8 Å². The van der Waals surface area contributed by atoms with Crippen LogP contribution < -0.4 is 10.6 Å². The lowest BCUT2D eigenvalue weighted by atomic mass is 10.3. The molecule has 2 aromatic heterocycles. The van der Waals surface area contributed by atoms with Gasteiger partial charge in [0.25, 0.3) is 0 Å². The zero-order valence-corrected chi connectivity index (χ0v) is 9.62. The van der Waals surface area contributed by atoms with E-state index >= 15 is 0 Å². The van der Waals surface area contributed by atoms with Gasteiger partial charge in [-0.3, -0.25) is 5.10 Å². The second-order valence-corrected chi connectivity index (χ2v) is 3.48. The van der Waals surface area contributed by atoms with Crippen LogP contribution in [0.5, 0.6) is 0 Å². The minimum atomic E-state index is -1.12. The van der Waals surface area contributed by atoms with Crippen molar-refractivity contribution in [3.8, 4) is 0 Å². The summed E-state index contributed by atoms with van der Waals surface area (Å²) in [4.78, 5) is 29.6. The number of nitrogens with zero attached hydrogens (tertiary/aromatic N) is 3. The lowest BCUT2D eigenvalue weighted by Gasteiger charge is -2.05. The minimum absolute atomic E-state index is 0.0902. The van der Waals surface area contributed by atoms with Crippen molar-refractivity contribution in [1.29, 1.82) is 0 Å². The third-order valence-electron chi connectivity index (χ3n) is 2.12. The van der Waals surface area contributed by atoms with E-state index in [1.807, 2.05) is 0 Å². The number of amides is 2. The van der Waals surface area contributed by atoms with Crippen molar-refractivity contribution >= 4 is 17.7 Å². The van der Waals surface area contributed by atoms with Crippen molar-refractivity contribution in [1.82, 2.24) is 25.5 Å². The summed E-state index contributed by atoms with van der Waals surface area (Å²) in [6, 6.07) is 2.29. The zero-order valence-electron chi connectivity index (χ0n) is 9.62. The molecule has 98 valence electrons. The largest absolute Gasteiger partial charge is 0.477 e. The molecule has 0 aliphatic rings. The Morgan fingerprint density at radius 3 is 2.74 bits per heavy atom. The molecule has 0 aliphatic heterocycles. The van der Waals surface area contributed by atoms with Crippen LogP contribution in [0.1, 0.15) is 16.3 Å². The summed E-state index contributed by atoms with van der Waals surface area (Å²) in [6.45, 7) is 0.201. The molecule has 0 spiro atoms. The van der Waals surface area contributed by atoms with Crippen molar-refractivity contribution in [3.63, 3.8) is 0 Å². The predicted molar refractivity (Wildman–Crippen MR) is 63.4 cm³/mol. The number of aromatic nitrogens is 4. The number of H-pyrrole nitrogens is 1. The molecule has 0 saturated carbocycles. The highest BCUT2D eigenvalue weighted by Gasteiger charge is 2.06. The fraction of sp³-hybridized carbons (Fsp3) is 0.100. The number of pyridine rings is 1. The van der Waals surface area contributed by atoms with Crippen LogP contribution in [0.15, 0.2) is 24.7 Å². The highest BCUT2D eigenvalue weighted by Crippen LogP contribution is 2.05. The standard InChI is InChI=1S/C10H10N6O3/c17-9(18)7-2-1-6(3-11-7)15-10(19)12-4-8-13-5-14-16-8/h1-3,5H,4H2,(H,17,18)(H2,12,15,19)(H,13,14,16). The molecule has 0 radical (unpaired) electrons. The number of carboxylic acids is 1. The van der Waals surface area contributed by atoms with Crippen LogP contribution in [-0.4, -0.2) is 37.3 Å². The molecule has 0 unspecified atom stereocenters. The maximum Gasteiger partial charge on any atom is 0.354 e. The van der Waals surface area contributed by atoms with Crippen molar-refractivity contribution < 1.29 is 14.7 Å². The van der Waals surface area contributed by atoms with Gasteiger partial charge in [-0.2, -0.15) is 5.10 Å². The lowest BCUT2D eigenvalue weighted by Crippen LogP contribution is -2.28. The number of urea groups is 1. The second-order valence-electron chi connectivity index (χ2n) is 3.48. The second kappa shape index (κ2) is 5.58. The lowest BCUT2D eigenvalue weighted by molar-refractivity contribution is 0.0690. The molecule has 0 bridgehead atoms. The minimum Gasteiger partial charge on any atom is -0.477 e. The molecule has 2 aromatic rings. The summed E-state index contributed by atoms with van der Waals surface area (Å²) in [5.41, 5.74) is 0.299. The normalized spacial score (nSPS) is 9.89. The van der Waals surface area contributed by atoms with E-state index in [9.17, 15) is 9.59 Å². The number of aromatic carboxylic acids is 1. The SMILES string of the molecule is O=C(NCc1ncn[nH]1)Nc1ccc(C(=O)O)nc1. The first kappa shape index (κ1) is 12.5. The first-order valence-electron chi connectivity index (χ1n) is 5.23. The van der Waals surface area contributed by atoms with E-state index in [-0.39, 0.29) is 12.2 Å². The van der Waals surface area contributed by atoms with Gasteiger partial charge in [0.05, 0.1) is 18.4 Å². The maximum atomic E-state index is 11.5. The highest BCUT2D eigenvalue weighted by molar-refractivity contribution is 5.90. The Balaban J connectivity index is 1.86. The van der Waals surface area contributed by atoms with Crippen molar-refractivity contribution in [3.05, 3.63) is 36.2 Å². The summed E-state index contributed by atoms with van der Waals surface area (Å²) >= 11 is 0. The topological polar surface area (TPSA) is 133 Å². The molecule has 4 N–H and O–H groups in total. The average molecular weight is 262 g/mol. The van der Waals surface area contributed by atoms with Gasteiger partial charge in [-0.05, 0) is 12.1 Å². The van der Waals surface area contributed by atoms with Gasteiger partial charge in [-0.15, -0.1) is 0 Å². The smallest absolute Gasteiger partial charge is 0.354 e. The molecule has 9 heteroatoms. The van der Waals surface area contributed by atoms with Crippen LogP contribution in [0.3, 0.4) is 0 Å². The van der Waals surface area contributed by atoms with Crippen molar-refractivity contribution in [2.45, 2.75) is 6.54 Å². The molecule has 0 aromatic carbocycles. The molecule has 2 heterocycles. The molecular formula is C10H10N6O3. The molecule has 0 fully saturated rings. The number of carbonyl (C=O) groups is 2. The Morgan fingerprint density at radius 2 is 2.16 bits per heavy atom. The number of aromatic amines is 1. The summed E-state index contributed by atoms with van der Waals surface area (Å²) < 4.78 is 0. The third-order valence-corrected chi connectivity index (χ3v) is 2.12. The Labute approximate surface area is 107 Å². The van der Waals surface area contributed by atoms with E-state index in [4.69, 9.17) is 5.11 Å². The van der Waals surface area contributed by atoms with E-state index < -0.39 is 12.0 Å². The Kier molecular flexibility index (Phi) is 3.67. The first-order valence-corrected chi connectivity index (χ1v) is 5.23. The van der Waals surface area contributed by atoms with Crippen molar-refractivity contribution in [2.75, 3.05) is 5.32 Å². The maximum absolute atomic E-state index is 11.5. The average Bonchev–Trinajstić information content (AvgIpc) is 2.90. The fourth-order valence-electron chi connectivity index (χ4n) is 1.25. The van der Waals surface area contributed by atoms with E-state index in [1.165, 1.54) is 24.7 Å². The first-order chi connectivity index (χ1) is 9.15. The monoisotopic (exact) mass is 262 g/mol. The summed E-state index contributed by atoms with van der Waals surface area (Å²) in [5, 5.41) is 19.9. The number of hydrogen-bond acceptors (Lipinski definition) is 5. The van der Waals surface area contributed by atoms with Crippen LogP contribution in [0.25, 0.3) is 0 Å². The Morgan fingerprint density at radius 1 is 1.32 bits per heavy atom. The summed E-state index contributed by atoms with van der Waals surface area (Å²) in [7, 11) is 0. The van der Waals surface area contributed by atoms with Crippen molar-refractivity contribution in [2.24, 2.45) is 0 Å². The van der Waals surface area contributed by atoms with Gasteiger partial charge >= 0.3 is 12.0 Å². The molecule has 9 nitrogen and oxygen atoms in total. The van der Waals surface area contributed by atoms with Gasteiger partial charge < -0.3 is 15.7 Å². The highest BCUT2D eigenvalue weighted by atomic mass is 16.4. The quantitative estimate of drug-likeness (QED) is 0.623. The molecule has 2 rings (SSSR count). The number of anilines is 1. The van der Waals surface area contributed by atoms with Gasteiger partial charge in [0.1, 0.15) is 17.8 Å². The van der Waals surface area contributed by atoms with Gasteiger partial charge in [0.2, 0.25) is 0 Å². The van der Waals surface area contributed by atoms with E-state index in [0.29, 0.717) is 11.5 Å². The summed E-state index contributed by atoms with van der Waals surface area (Å²) in [5.74, 6) is -0.601. The van der Waals surface area contributed by atoms with Crippen LogP contribution >= 0.6 is 0 Å². The Bertz CT molecular complexity index is 565. The van der Waals surface area contributed by atoms with Gasteiger partial charge in [-0.25, -0.2) is 19.6 Å². The number of carboxylic acid groups (broad SMARTS) is 1. The molecule has 0 saturated heterocycles. The van der Waals surface area contributed by atoms with E-state index in [0.717, 1.165) is 0 Å². The fourth-order valence-corrected chi connectivity index (χ4v) is 1.25. The molecule has 0 aliphatic carbocycles. The number of hydrogen-bond donors (Lipinski definition) is 4. The molecule has 2 amide bonds. The van der Waals surface area contributed by atoms with Crippen LogP contribution in [0, 0.1) is 0 Å². The van der Waals surface area contributed by atoms with Gasteiger partial charge in [0.15, 0.2) is 0 Å².